The van der Waals surface area contributed by atoms with Gasteiger partial charge in [0.1, 0.15) is 6.04 Å². The lowest BCUT2D eigenvalue weighted by Crippen LogP contribution is -1.94. The fraction of sp³-hybridized carbons (Fsp3) is 0.133. The summed E-state index contributed by atoms with van der Waals surface area (Å²) >= 11 is 0. The number of hydrogen-bond donors (Lipinski definition) is 0. The van der Waals surface area contributed by atoms with Crippen LogP contribution in [0.25, 0.3) is 0 Å². The average Bonchev–Trinajstić information content (AvgIpc) is 2.69. The second-order valence-corrected chi connectivity index (χ2v) is 4.11. The molecule has 1 nitrogen and oxygen atoms in total. The smallest absolute Gasteiger partial charge is 0.101 e. The van der Waals surface area contributed by atoms with Gasteiger partial charge in [0.15, 0.2) is 0 Å². The lowest BCUT2D eigenvalue weighted by Gasteiger charge is -2.09. The third-order valence-corrected chi connectivity index (χ3v) is 3.08. The van der Waals surface area contributed by atoms with E-state index in [0.29, 0.717) is 0 Å². The van der Waals surface area contributed by atoms with Gasteiger partial charge in [0.2, 0.25) is 0 Å². The Bertz CT molecular complexity index is 540. The molecule has 2 aromatic carbocycles. The Morgan fingerprint density at radius 3 is 2.38 bits per heavy atom. The van der Waals surface area contributed by atoms with Crippen molar-refractivity contribution in [2.24, 2.45) is 4.99 Å². The van der Waals surface area contributed by atoms with Gasteiger partial charge in [0.25, 0.3) is 0 Å². The molecule has 0 spiro atoms. The number of nitrogens with zero attached hydrogens (tertiary/aromatic N) is 1. The lowest BCUT2D eigenvalue weighted by atomic mass is 9.97. The van der Waals surface area contributed by atoms with E-state index in [2.05, 4.69) is 55.5 Å². The first-order valence-electron chi connectivity index (χ1n) is 5.55. The van der Waals surface area contributed by atoms with Crippen LogP contribution in [0.5, 0.6) is 0 Å². The maximum atomic E-state index is 4.74. The van der Waals surface area contributed by atoms with Crippen LogP contribution in [0, 0.1) is 0 Å². The van der Waals surface area contributed by atoms with Crippen LogP contribution in [0.1, 0.15) is 29.7 Å². The molecule has 0 fully saturated rings. The standard InChI is InChI=1S/C15H13N/c1-11-13-9-5-6-10-14(13)15(16-11)12-7-3-2-4-8-12/h2-10,15H,1H3. The molecule has 1 heterocycles. The Morgan fingerprint density at radius 2 is 1.56 bits per heavy atom. The average molecular weight is 207 g/mol. The molecule has 0 N–H and O–H groups in total. The molecule has 78 valence electrons. The van der Waals surface area contributed by atoms with Gasteiger partial charge in [-0.15, -0.1) is 0 Å². The highest BCUT2D eigenvalue weighted by atomic mass is 14.8. The Balaban J connectivity index is 2.13. The van der Waals surface area contributed by atoms with E-state index in [4.69, 9.17) is 4.99 Å². The summed E-state index contributed by atoms with van der Waals surface area (Å²) in [5.41, 5.74) is 5.03. The van der Waals surface area contributed by atoms with E-state index < -0.39 is 0 Å². The highest BCUT2D eigenvalue weighted by Gasteiger charge is 2.22. The molecule has 16 heavy (non-hydrogen) atoms. The van der Waals surface area contributed by atoms with Gasteiger partial charge in [-0.25, -0.2) is 0 Å². The van der Waals surface area contributed by atoms with Gasteiger partial charge in [-0.2, -0.15) is 0 Å². The highest BCUT2D eigenvalue weighted by Crippen LogP contribution is 2.34. The summed E-state index contributed by atoms with van der Waals surface area (Å²) in [6, 6.07) is 19.1. The molecule has 0 radical (unpaired) electrons. The van der Waals surface area contributed by atoms with E-state index in [-0.39, 0.29) is 6.04 Å². The van der Waals surface area contributed by atoms with Crippen LogP contribution in [0.4, 0.5) is 0 Å². The molecule has 3 rings (SSSR count). The number of aliphatic imine (C=N–C) groups is 1. The second-order valence-electron chi connectivity index (χ2n) is 4.11. The zero-order valence-electron chi connectivity index (χ0n) is 9.22. The number of benzene rings is 2. The van der Waals surface area contributed by atoms with Crippen molar-refractivity contribution in [2.75, 3.05) is 0 Å². The van der Waals surface area contributed by atoms with Crippen LogP contribution in [-0.2, 0) is 0 Å². The van der Waals surface area contributed by atoms with Crippen molar-refractivity contribution >= 4 is 5.71 Å². The van der Waals surface area contributed by atoms with Crippen LogP contribution in [0.3, 0.4) is 0 Å². The van der Waals surface area contributed by atoms with E-state index in [9.17, 15) is 0 Å². The molecule has 2 aromatic rings. The van der Waals surface area contributed by atoms with Crippen molar-refractivity contribution in [3.8, 4) is 0 Å². The van der Waals surface area contributed by atoms with Crippen molar-refractivity contribution in [2.45, 2.75) is 13.0 Å². The molecule has 0 aliphatic carbocycles. The third kappa shape index (κ3) is 1.36. The van der Waals surface area contributed by atoms with E-state index >= 15 is 0 Å². The van der Waals surface area contributed by atoms with E-state index in [1.54, 1.807) is 0 Å². The van der Waals surface area contributed by atoms with Crippen LogP contribution in [0.15, 0.2) is 59.6 Å². The second kappa shape index (κ2) is 3.60. The van der Waals surface area contributed by atoms with Gasteiger partial charge in [0.05, 0.1) is 0 Å². The minimum atomic E-state index is 0.192. The predicted molar refractivity (Wildman–Crippen MR) is 66.9 cm³/mol. The Hall–Kier alpha value is -1.89. The fourth-order valence-corrected chi connectivity index (χ4v) is 2.29. The first kappa shape index (κ1) is 9.34. The van der Waals surface area contributed by atoms with Gasteiger partial charge in [-0.1, -0.05) is 54.6 Å². The third-order valence-electron chi connectivity index (χ3n) is 3.08. The fourth-order valence-electron chi connectivity index (χ4n) is 2.29. The van der Waals surface area contributed by atoms with Gasteiger partial charge < -0.3 is 0 Å². The van der Waals surface area contributed by atoms with Gasteiger partial charge >= 0.3 is 0 Å². The molecule has 0 saturated carbocycles. The summed E-state index contributed by atoms with van der Waals surface area (Å²) < 4.78 is 0. The molecule has 0 bridgehead atoms. The van der Waals surface area contributed by atoms with Crippen LogP contribution in [-0.4, -0.2) is 5.71 Å². The lowest BCUT2D eigenvalue weighted by molar-refractivity contribution is 0.897. The normalized spacial score (nSPS) is 18.1. The molecule has 1 unspecified atom stereocenters. The van der Waals surface area contributed by atoms with E-state index in [0.717, 1.165) is 5.71 Å². The van der Waals surface area contributed by atoms with Crippen molar-refractivity contribution in [1.82, 2.24) is 0 Å². The minimum Gasteiger partial charge on any atom is -0.277 e. The molecule has 0 amide bonds. The molecule has 1 heteroatoms. The highest BCUT2D eigenvalue weighted by molar-refractivity contribution is 6.02. The van der Waals surface area contributed by atoms with E-state index in [1.807, 2.05) is 6.07 Å². The maximum absolute atomic E-state index is 4.74. The van der Waals surface area contributed by atoms with Crippen LogP contribution >= 0.6 is 0 Å². The number of rotatable bonds is 1. The van der Waals surface area contributed by atoms with Gasteiger partial charge in [0, 0.05) is 11.3 Å². The van der Waals surface area contributed by atoms with Crippen LogP contribution in [0.2, 0.25) is 0 Å². The topological polar surface area (TPSA) is 12.4 Å². The molecular formula is C15H13N. The maximum Gasteiger partial charge on any atom is 0.101 e. The first-order chi connectivity index (χ1) is 7.86. The molecule has 0 saturated heterocycles. The van der Waals surface area contributed by atoms with Gasteiger partial charge in [-0.3, -0.25) is 4.99 Å². The zero-order chi connectivity index (χ0) is 11.0. The molecule has 1 aliphatic rings. The Labute approximate surface area is 95.5 Å². The van der Waals surface area contributed by atoms with Crippen molar-refractivity contribution in [3.63, 3.8) is 0 Å². The number of fused-ring (bicyclic) bond motifs is 1. The first-order valence-corrected chi connectivity index (χ1v) is 5.55. The summed E-state index contributed by atoms with van der Waals surface area (Å²) in [7, 11) is 0. The number of hydrogen-bond acceptors (Lipinski definition) is 1. The van der Waals surface area contributed by atoms with E-state index in [1.165, 1.54) is 16.7 Å². The Kier molecular flexibility index (Phi) is 2.10. The molecule has 1 aliphatic heterocycles. The summed E-state index contributed by atoms with van der Waals surface area (Å²) in [6.45, 7) is 2.09. The molecule has 0 aromatic heterocycles. The quantitative estimate of drug-likeness (QED) is 0.677. The summed E-state index contributed by atoms with van der Waals surface area (Å²) in [5.74, 6) is 0. The van der Waals surface area contributed by atoms with Crippen molar-refractivity contribution in [1.29, 1.82) is 0 Å². The van der Waals surface area contributed by atoms with Crippen molar-refractivity contribution < 1.29 is 0 Å². The Morgan fingerprint density at radius 1 is 0.875 bits per heavy atom. The monoisotopic (exact) mass is 207 g/mol. The minimum absolute atomic E-state index is 0.192. The SMILES string of the molecule is CC1=NC(c2ccccc2)c2ccccc21. The zero-order valence-corrected chi connectivity index (χ0v) is 9.22. The largest absolute Gasteiger partial charge is 0.277 e. The predicted octanol–water partition coefficient (Wildman–Crippen LogP) is 3.60. The molecule has 1 atom stereocenters. The summed E-state index contributed by atoms with van der Waals surface area (Å²) in [4.78, 5) is 4.74. The molecular weight excluding hydrogens is 194 g/mol. The van der Waals surface area contributed by atoms with Crippen molar-refractivity contribution in [3.05, 3.63) is 71.3 Å². The van der Waals surface area contributed by atoms with Crippen LogP contribution < -0.4 is 0 Å². The van der Waals surface area contributed by atoms with Gasteiger partial charge in [-0.05, 0) is 18.1 Å². The summed E-state index contributed by atoms with van der Waals surface area (Å²) in [5, 5.41) is 0. The summed E-state index contributed by atoms with van der Waals surface area (Å²) in [6.07, 6.45) is 0.